The molecule has 2 atom stereocenters. The van der Waals surface area contributed by atoms with E-state index < -0.39 is 0 Å². The monoisotopic (exact) mass is 232 g/mol. The molecule has 0 N–H and O–H groups in total. The number of hydrogen-bond acceptors (Lipinski definition) is 0. The van der Waals surface area contributed by atoms with Gasteiger partial charge in [-0.2, -0.15) is 0 Å². The van der Waals surface area contributed by atoms with E-state index in [9.17, 15) is 0 Å². The molecule has 0 aliphatic heterocycles. The van der Waals surface area contributed by atoms with Crippen LogP contribution in [0.2, 0.25) is 0 Å². The molecule has 0 radical (unpaired) electrons. The van der Waals surface area contributed by atoms with E-state index in [0.717, 1.165) is 11.8 Å². The fraction of sp³-hybridized carbons (Fsp3) is 0.647. The molecule has 1 saturated carbocycles. The third kappa shape index (κ3) is 4.93. The molecular formula is C17H28. The summed E-state index contributed by atoms with van der Waals surface area (Å²) in [5, 5.41) is 0. The summed E-state index contributed by atoms with van der Waals surface area (Å²) in [5.41, 5.74) is 1.56. The minimum atomic E-state index is 0.821. The first-order valence-corrected chi connectivity index (χ1v) is 7.41. The van der Waals surface area contributed by atoms with Crippen molar-refractivity contribution in [2.75, 3.05) is 0 Å². The maximum atomic E-state index is 2.42. The van der Waals surface area contributed by atoms with E-state index in [1.54, 1.807) is 5.56 Å². The van der Waals surface area contributed by atoms with E-state index in [4.69, 9.17) is 0 Å². The van der Waals surface area contributed by atoms with Gasteiger partial charge in [0.15, 0.2) is 0 Å². The summed E-state index contributed by atoms with van der Waals surface area (Å²) >= 11 is 0. The van der Waals surface area contributed by atoms with Crippen LogP contribution in [0.4, 0.5) is 0 Å². The van der Waals surface area contributed by atoms with Crippen LogP contribution in [0.25, 0.3) is 0 Å². The van der Waals surface area contributed by atoms with Gasteiger partial charge in [0.2, 0.25) is 0 Å². The molecule has 1 aliphatic carbocycles. The highest BCUT2D eigenvalue weighted by molar-refractivity contribution is 5.19. The van der Waals surface area contributed by atoms with Gasteiger partial charge in [0, 0.05) is 0 Å². The average molecular weight is 232 g/mol. The van der Waals surface area contributed by atoms with Crippen molar-refractivity contribution in [3.8, 4) is 0 Å². The summed E-state index contributed by atoms with van der Waals surface area (Å²) < 4.78 is 0. The molecule has 0 nitrogen and oxygen atoms in total. The van der Waals surface area contributed by atoms with Crippen molar-refractivity contribution in [3.05, 3.63) is 35.9 Å². The van der Waals surface area contributed by atoms with Gasteiger partial charge >= 0.3 is 0 Å². The molecular weight excluding hydrogens is 204 g/mol. The van der Waals surface area contributed by atoms with E-state index in [-0.39, 0.29) is 0 Å². The molecule has 0 spiro atoms. The first-order valence-electron chi connectivity index (χ1n) is 7.41. The van der Waals surface area contributed by atoms with Gasteiger partial charge in [-0.3, -0.25) is 0 Å². The lowest BCUT2D eigenvalue weighted by Crippen LogP contribution is -2.08. The molecule has 2 rings (SSSR count). The highest BCUT2D eigenvalue weighted by atomic mass is 14.2. The van der Waals surface area contributed by atoms with Gasteiger partial charge in [-0.1, -0.05) is 76.8 Å². The van der Waals surface area contributed by atoms with E-state index in [1.807, 2.05) is 13.8 Å². The average Bonchev–Trinajstić information content (AvgIpc) is 2.37. The van der Waals surface area contributed by atoms with Gasteiger partial charge in [0.1, 0.15) is 0 Å². The molecule has 0 heterocycles. The molecule has 0 amide bonds. The Morgan fingerprint density at radius 1 is 0.882 bits per heavy atom. The van der Waals surface area contributed by atoms with Crippen LogP contribution in [0, 0.1) is 5.92 Å². The molecule has 1 aromatic rings. The van der Waals surface area contributed by atoms with Crippen molar-refractivity contribution in [1.82, 2.24) is 0 Å². The highest BCUT2D eigenvalue weighted by Gasteiger charge is 2.17. The summed E-state index contributed by atoms with van der Waals surface area (Å²) in [5.74, 6) is 1.73. The van der Waals surface area contributed by atoms with Gasteiger partial charge < -0.3 is 0 Å². The van der Waals surface area contributed by atoms with E-state index in [2.05, 4.69) is 37.3 Å². The Labute approximate surface area is 107 Å². The quantitative estimate of drug-likeness (QED) is 0.575. The largest absolute Gasteiger partial charge is 0.0683 e. The van der Waals surface area contributed by atoms with Crippen molar-refractivity contribution in [2.45, 2.75) is 65.2 Å². The second kappa shape index (κ2) is 8.33. The molecule has 0 aromatic heterocycles. The minimum Gasteiger partial charge on any atom is -0.0683 e. The molecule has 0 bridgehead atoms. The van der Waals surface area contributed by atoms with Crippen molar-refractivity contribution < 1.29 is 0 Å². The normalized spacial score (nSPS) is 25.1. The first kappa shape index (κ1) is 14.3. The lowest BCUT2D eigenvalue weighted by molar-refractivity contribution is 0.369. The molecule has 1 fully saturated rings. The summed E-state index contributed by atoms with van der Waals surface area (Å²) in [6.07, 6.45) is 8.53. The smallest absolute Gasteiger partial charge is 0.0159 e. The van der Waals surface area contributed by atoms with Crippen LogP contribution in [0.3, 0.4) is 0 Å². The number of rotatable bonds is 1. The third-order valence-electron chi connectivity index (χ3n) is 3.71. The van der Waals surface area contributed by atoms with Crippen LogP contribution in [-0.4, -0.2) is 0 Å². The fourth-order valence-corrected chi connectivity index (χ4v) is 2.81. The highest BCUT2D eigenvalue weighted by Crippen LogP contribution is 2.33. The van der Waals surface area contributed by atoms with Crippen molar-refractivity contribution in [2.24, 2.45) is 5.92 Å². The Morgan fingerprint density at radius 2 is 1.53 bits per heavy atom. The van der Waals surface area contributed by atoms with Crippen molar-refractivity contribution in [3.63, 3.8) is 0 Å². The van der Waals surface area contributed by atoms with Crippen LogP contribution in [0.15, 0.2) is 30.3 Å². The first-order chi connectivity index (χ1) is 8.36. The summed E-state index contributed by atoms with van der Waals surface area (Å²) in [6.45, 7) is 6.42. The molecule has 2 unspecified atom stereocenters. The maximum absolute atomic E-state index is 2.42. The molecule has 0 heteroatoms. The second-order valence-electron chi connectivity index (χ2n) is 5.09. The molecule has 96 valence electrons. The van der Waals surface area contributed by atoms with Crippen molar-refractivity contribution >= 4 is 0 Å². The maximum Gasteiger partial charge on any atom is -0.0159 e. The predicted octanol–water partition coefficient (Wildman–Crippen LogP) is 5.79. The Balaban J connectivity index is 0.000000686. The molecule has 17 heavy (non-hydrogen) atoms. The summed E-state index contributed by atoms with van der Waals surface area (Å²) in [6, 6.07) is 11.1. The predicted molar refractivity (Wildman–Crippen MR) is 77.4 cm³/mol. The van der Waals surface area contributed by atoms with Gasteiger partial charge in [-0.15, -0.1) is 0 Å². The SMILES string of the molecule is CC.CC1CCCCCC(c2ccccc2)C1. The van der Waals surface area contributed by atoms with Gasteiger partial charge in [0.25, 0.3) is 0 Å². The fourth-order valence-electron chi connectivity index (χ4n) is 2.81. The molecule has 1 aliphatic rings. The Bertz CT molecular complexity index is 275. The van der Waals surface area contributed by atoms with E-state index in [0.29, 0.717) is 0 Å². The zero-order valence-electron chi connectivity index (χ0n) is 11.8. The standard InChI is InChI=1S/C15H22.C2H6/c1-13-8-4-2-7-11-15(12-13)14-9-5-3-6-10-14;1-2/h3,5-6,9-10,13,15H,2,4,7-8,11-12H2,1H3;1-2H3. The number of benzene rings is 1. The second-order valence-corrected chi connectivity index (χ2v) is 5.09. The Kier molecular flexibility index (Phi) is 7.00. The van der Waals surface area contributed by atoms with Crippen LogP contribution in [0.1, 0.15) is 70.8 Å². The van der Waals surface area contributed by atoms with E-state index in [1.165, 1.54) is 38.5 Å². The van der Waals surface area contributed by atoms with Gasteiger partial charge in [-0.05, 0) is 30.2 Å². The van der Waals surface area contributed by atoms with Gasteiger partial charge in [-0.25, -0.2) is 0 Å². The Hall–Kier alpha value is -0.780. The topological polar surface area (TPSA) is 0 Å². The summed E-state index contributed by atoms with van der Waals surface area (Å²) in [7, 11) is 0. The van der Waals surface area contributed by atoms with Gasteiger partial charge in [0.05, 0.1) is 0 Å². The van der Waals surface area contributed by atoms with Crippen LogP contribution in [0.5, 0.6) is 0 Å². The Morgan fingerprint density at radius 3 is 2.24 bits per heavy atom. The van der Waals surface area contributed by atoms with Crippen LogP contribution < -0.4 is 0 Å². The minimum absolute atomic E-state index is 0.821. The molecule has 1 aromatic carbocycles. The zero-order valence-corrected chi connectivity index (χ0v) is 11.8. The third-order valence-corrected chi connectivity index (χ3v) is 3.71. The summed E-state index contributed by atoms with van der Waals surface area (Å²) in [4.78, 5) is 0. The number of hydrogen-bond donors (Lipinski definition) is 0. The zero-order chi connectivity index (χ0) is 12.5. The van der Waals surface area contributed by atoms with E-state index >= 15 is 0 Å². The lowest BCUT2D eigenvalue weighted by atomic mass is 9.81. The van der Waals surface area contributed by atoms with Crippen LogP contribution >= 0.6 is 0 Å². The molecule has 0 saturated heterocycles. The van der Waals surface area contributed by atoms with Crippen LogP contribution in [-0.2, 0) is 0 Å². The van der Waals surface area contributed by atoms with Crippen molar-refractivity contribution in [1.29, 1.82) is 0 Å². The lowest BCUT2D eigenvalue weighted by Gasteiger charge is -2.24.